The van der Waals surface area contributed by atoms with Gasteiger partial charge in [-0.2, -0.15) is 5.10 Å². The number of anilines is 1. The van der Waals surface area contributed by atoms with Crippen molar-refractivity contribution < 1.29 is 9.18 Å². The third-order valence-corrected chi connectivity index (χ3v) is 5.56. The van der Waals surface area contributed by atoms with Crippen molar-refractivity contribution in [1.29, 1.82) is 0 Å². The molecule has 2 amide bonds. The number of hydrogen-bond donors (Lipinski definition) is 1. The first kappa shape index (κ1) is 18.5. The summed E-state index contributed by atoms with van der Waals surface area (Å²) in [6.45, 7) is 6.18. The van der Waals surface area contributed by atoms with E-state index in [1.54, 1.807) is 17.0 Å². The van der Waals surface area contributed by atoms with Gasteiger partial charge in [-0.15, -0.1) is 0 Å². The van der Waals surface area contributed by atoms with E-state index in [1.165, 1.54) is 12.1 Å². The number of amides is 2. The van der Waals surface area contributed by atoms with E-state index in [0.29, 0.717) is 5.84 Å². The van der Waals surface area contributed by atoms with Crippen LogP contribution in [0.15, 0.2) is 65.8 Å². The van der Waals surface area contributed by atoms with Crippen molar-refractivity contribution in [3.05, 3.63) is 77.7 Å². The van der Waals surface area contributed by atoms with Gasteiger partial charge in [-0.1, -0.05) is 30.3 Å². The summed E-state index contributed by atoms with van der Waals surface area (Å²) < 4.78 is 15.5. The Morgan fingerprint density at radius 2 is 1.73 bits per heavy atom. The molecule has 152 valence electrons. The maximum absolute atomic E-state index is 13.7. The number of para-hydroxylation sites is 1. The number of aliphatic imine (C=N–C) groups is 1. The van der Waals surface area contributed by atoms with Crippen LogP contribution in [-0.2, 0) is 5.54 Å². The van der Waals surface area contributed by atoms with Gasteiger partial charge in [-0.3, -0.25) is 10.2 Å². The molecule has 2 aliphatic rings. The summed E-state index contributed by atoms with van der Waals surface area (Å²) in [5.74, 6) is 0.771. The van der Waals surface area contributed by atoms with E-state index in [4.69, 9.17) is 4.99 Å². The first-order valence-electron chi connectivity index (χ1n) is 9.92. The molecule has 0 spiro atoms. The van der Waals surface area contributed by atoms with Gasteiger partial charge in [0.15, 0.2) is 5.82 Å². The lowest BCUT2D eigenvalue weighted by Gasteiger charge is -2.33. The van der Waals surface area contributed by atoms with Crippen molar-refractivity contribution in [1.82, 2.24) is 15.1 Å². The van der Waals surface area contributed by atoms with E-state index in [9.17, 15) is 9.18 Å². The first-order valence-corrected chi connectivity index (χ1v) is 9.92. The van der Waals surface area contributed by atoms with Gasteiger partial charge in [-0.05, 0) is 50.6 Å². The lowest BCUT2D eigenvalue weighted by molar-refractivity contribution is 0.252. The monoisotopic (exact) mass is 403 g/mol. The van der Waals surface area contributed by atoms with Crippen molar-refractivity contribution in [3.63, 3.8) is 0 Å². The molecule has 3 aromatic rings. The van der Waals surface area contributed by atoms with Crippen LogP contribution in [0.3, 0.4) is 0 Å². The molecule has 3 heterocycles. The van der Waals surface area contributed by atoms with Crippen LogP contribution in [0.5, 0.6) is 0 Å². The van der Waals surface area contributed by atoms with Crippen LogP contribution in [-0.4, -0.2) is 27.7 Å². The molecule has 0 bridgehead atoms. The summed E-state index contributed by atoms with van der Waals surface area (Å²) in [6, 6.07) is 15.4. The normalized spacial score (nSPS) is 20.5. The fourth-order valence-corrected chi connectivity index (χ4v) is 4.25. The predicted octanol–water partition coefficient (Wildman–Crippen LogP) is 4.55. The molecule has 0 aliphatic carbocycles. The zero-order chi connectivity index (χ0) is 21.0. The molecule has 6 nitrogen and oxygen atoms in total. The average Bonchev–Trinajstić information content (AvgIpc) is 3.27. The third-order valence-electron chi connectivity index (χ3n) is 5.56. The summed E-state index contributed by atoms with van der Waals surface area (Å²) in [4.78, 5) is 19.5. The Bertz CT molecular complexity index is 1140. The Labute approximate surface area is 174 Å². The number of nitrogens with one attached hydrogen (secondary N) is 1. The van der Waals surface area contributed by atoms with E-state index in [1.807, 2.05) is 41.2 Å². The molecule has 7 heteroatoms. The number of rotatable bonds is 2. The summed E-state index contributed by atoms with van der Waals surface area (Å²) in [5, 5.41) is 7.56. The SMILES string of the molecule is CC(C)(C)n1ncc2c1N=C1NC(=O)N(c3ccccc3)[C@@H]1[C@@H]2c1ccc(F)cc1. The van der Waals surface area contributed by atoms with Gasteiger partial charge < -0.3 is 0 Å². The fourth-order valence-electron chi connectivity index (χ4n) is 4.25. The highest BCUT2D eigenvalue weighted by atomic mass is 19.1. The maximum Gasteiger partial charge on any atom is 0.328 e. The molecule has 0 unspecified atom stereocenters. The number of halogens is 1. The standard InChI is InChI=1S/C23H22FN5O/c1-23(2,3)29-21-17(13-25-29)18(14-9-11-15(24)12-10-14)19-20(26-21)27-22(30)28(19)16-7-5-4-6-8-16/h4-13,18-19H,1-3H3,(H,26,27,30)/t18-,19-/m1/s1. The summed E-state index contributed by atoms with van der Waals surface area (Å²) >= 11 is 0. The van der Waals surface area contributed by atoms with Gasteiger partial charge in [-0.25, -0.2) is 18.9 Å². The number of urea groups is 1. The van der Waals surface area contributed by atoms with E-state index in [-0.39, 0.29) is 29.3 Å². The number of hydrogen-bond acceptors (Lipinski definition) is 3. The molecule has 1 N–H and O–H groups in total. The molecule has 0 radical (unpaired) electrons. The first-order chi connectivity index (χ1) is 14.3. The highest BCUT2D eigenvalue weighted by Crippen LogP contribution is 2.44. The highest BCUT2D eigenvalue weighted by molar-refractivity contribution is 6.18. The number of nitrogens with zero attached hydrogens (tertiary/aromatic N) is 4. The molecule has 30 heavy (non-hydrogen) atoms. The average molecular weight is 403 g/mol. The molecular formula is C23H22FN5O. The van der Waals surface area contributed by atoms with E-state index in [2.05, 4.69) is 31.2 Å². The Morgan fingerprint density at radius 1 is 1.03 bits per heavy atom. The van der Waals surface area contributed by atoms with Crippen LogP contribution in [0.2, 0.25) is 0 Å². The zero-order valence-electron chi connectivity index (χ0n) is 17.0. The minimum Gasteiger partial charge on any atom is -0.294 e. The Morgan fingerprint density at radius 3 is 2.40 bits per heavy atom. The lowest BCUT2D eigenvalue weighted by atomic mass is 9.83. The zero-order valence-corrected chi connectivity index (χ0v) is 17.0. The Hall–Kier alpha value is -3.48. The predicted molar refractivity (Wildman–Crippen MR) is 114 cm³/mol. The van der Waals surface area contributed by atoms with Crippen molar-refractivity contribution in [3.8, 4) is 0 Å². The molecule has 2 aromatic carbocycles. The highest BCUT2D eigenvalue weighted by Gasteiger charge is 2.48. The second-order valence-electron chi connectivity index (χ2n) is 8.61. The van der Waals surface area contributed by atoms with Gasteiger partial charge >= 0.3 is 6.03 Å². The van der Waals surface area contributed by atoms with E-state index >= 15 is 0 Å². The Balaban J connectivity index is 1.73. The van der Waals surface area contributed by atoms with Gasteiger partial charge in [0.25, 0.3) is 0 Å². The van der Waals surface area contributed by atoms with Crippen LogP contribution in [0, 0.1) is 5.82 Å². The van der Waals surface area contributed by atoms with Gasteiger partial charge in [0.1, 0.15) is 17.7 Å². The number of carbonyl (C=O) groups excluding carboxylic acids is 1. The van der Waals surface area contributed by atoms with Crippen molar-refractivity contribution in [2.45, 2.75) is 38.3 Å². The van der Waals surface area contributed by atoms with E-state index < -0.39 is 0 Å². The molecule has 1 fully saturated rings. The third kappa shape index (κ3) is 2.81. The molecule has 0 saturated carbocycles. The van der Waals surface area contributed by atoms with Crippen molar-refractivity contribution in [2.24, 2.45) is 4.99 Å². The van der Waals surface area contributed by atoms with Gasteiger partial charge in [0.2, 0.25) is 0 Å². The van der Waals surface area contributed by atoms with Crippen LogP contribution < -0.4 is 10.2 Å². The van der Waals surface area contributed by atoms with Crippen molar-refractivity contribution >= 4 is 23.4 Å². The largest absolute Gasteiger partial charge is 0.328 e. The smallest absolute Gasteiger partial charge is 0.294 e. The van der Waals surface area contributed by atoms with Gasteiger partial charge in [0.05, 0.1) is 11.7 Å². The maximum atomic E-state index is 13.7. The molecule has 1 aromatic heterocycles. The molecule has 2 aliphatic heterocycles. The van der Waals surface area contributed by atoms with Crippen LogP contribution in [0.4, 0.5) is 20.7 Å². The van der Waals surface area contributed by atoms with Gasteiger partial charge in [0, 0.05) is 17.2 Å². The number of benzene rings is 2. The number of aromatic nitrogens is 2. The molecule has 5 rings (SSSR count). The number of fused-ring (bicyclic) bond motifs is 2. The summed E-state index contributed by atoms with van der Waals surface area (Å²) in [7, 11) is 0. The second-order valence-corrected chi connectivity index (χ2v) is 8.61. The topological polar surface area (TPSA) is 62.5 Å². The van der Waals surface area contributed by atoms with Crippen molar-refractivity contribution in [2.75, 3.05) is 4.90 Å². The minimum atomic E-state index is -0.365. The molecular weight excluding hydrogens is 381 g/mol. The fraction of sp³-hybridized carbons (Fsp3) is 0.261. The number of carbonyl (C=O) groups is 1. The van der Waals surface area contributed by atoms with E-state index in [0.717, 1.165) is 22.6 Å². The van der Waals surface area contributed by atoms with Crippen LogP contribution >= 0.6 is 0 Å². The second kappa shape index (κ2) is 6.52. The summed E-state index contributed by atoms with van der Waals surface area (Å²) in [5.41, 5.74) is 2.33. The minimum absolute atomic E-state index is 0.225. The quantitative estimate of drug-likeness (QED) is 0.682. The lowest BCUT2D eigenvalue weighted by Crippen LogP contribution is -2.42. The number of amidine groups is 1. The van der Waals surface area contributed by atoms with Crippen LogP contribution in [0.1, 0.15) is 37.8 Å². The molecule has 2 atom stereocenters. The molecule has 1 saturated heterocycles. The summed E-state index contributed by atoms with van der Waals surface area (Å²) in [6.07, 6.45) is 1.82. The van der Waals surface area contributed by atoms with Crippen LogP contribution in [0.25, 0.3) is 0 Å². The Kier molecular flexibility index (Phi) is 4.03.